The van der Waals surface area contributed by atoms with Gasteiger partial charge in [-0.1, -0.05) is 12.1 Å². The van der Waals surface area contributed by atoms with E-state index in [0.29, 0.717) is 41.2 Å². The molecule has 8 heteroatoms. The van der Waals surface area contributed by atoms with E-state index in [1.807, 2.05) is 0 Å². The zero-order valence-electron chi connectivity index (χ0n) is 14.9. The topological polar surface area (TPSA) is 110 Å². The first-order chi connectivity index (χ1) is 13.1. The number of carbonyl (C=O) groups is 2. The molecule has 4 rings (SSSR count). The number of benzene rings is 1. The minimum absolute atomic E-state index is 0.103. The summed E-state index contributed by atoms with van der Waals surface area (Å²) in [6.07, 6.45) is 3.08. The summed E-state index contributed by atoms with van der Waals surface area (Å²) >= 11 is 0. The van der Waals surface area contributed by atoms with Crippen LogP contribution in [0, 0.1) is 0 Å². The van der Waals surface area contributed by atoms with Crippen molar-refractivity contribution in [1.29, 1.82) is 0 Å². The second-order valence-electron chi connectivity index (χ2n) is 6.19. The number of Topliss-reactive ketones (excluding diaryl/α,β-unsaturated/α-hetero) is 1. The Hall–Kier alpha value is -3.55. The smallest absolute Gasteiger partial charge is 0.322 e. The number of amides is 1. The molecule has 8 nitrogen and oxygen atoms in total. The summed E-state index contributed by atoms with van der Waals surface area (Å²) in [6, 6.07) is 7.07. The monoisotopic (exact) mass is 363 g/mol. The minimum atomic E-state index is -0.215. The number of fused-ring (bicyclic) bond motifs is 3. The number of hydrogen-bond donors (Lipinski definition) is 2. The molecule has 0 fully saturated rings. The van der Waals surface area contributed by atoms with E-state index in [4.69, 9.17) is 4.74 Å². The molecular formula is C19H17N5O3. The fraction of sp³-hybridized carbons (Fsp3) is 0.211. The van der Waals surface area contributed by atoms with E-state index < -0.39 is 0 Å². The molecule has 0 aliphatic heterocycles. The van der Waals surface area contributed by atoms with Gasteiger partial charge < -0.3 is 10.1 Å². The summed E-state index contributed by atoms with van der Waals surface area (Å²) in [6.45, 7) is 1.48. The highest BCUT2D eigenvalue weighted by Gasteiger charge is 2.27. The summed E-state index contributed by atoms with van der Waals surface area (Å²) in [4.78, 5) is 32.5. The SMILES string of the molecule is CNC(=O)c1[nH]nc2c1CCc1cnc(Oc3ccccc3C(C)=O)nc1-2. The summed E-state index contributed by atoms with van der Waals surface area (Å²) in [5.74, 6) is 0.0792. The van der Waals surface area contributed by atoms with Gasteiger partial charge in [-0.3, -0.25) is 14.7 Å². The van der Waals surface area contributed by atoms with Crippen LogP contribution in [0.5, 0.6) is 11.8 Å². The van der Waals surface area contributed by atoms with Crippen LogP contribution in [0.25, 0.3) is 11.4 Å². The molecule has 136 valence electrons. The third-order valence-electron chi connectivity index (χ3n) is 4.50. The van der Waals surface area contributed by atoms with Crippen LogP contribution < -0.4 is 10.1 Å². The van der Waals surface area contributed by atoms with E-state index in [-0.39, 0.29) is 17.7 Å². The lowest BCUT2D eigenvalue weighted by Gasteiger charge is -2.15. The zero-order chi connectivity index (χ0) is 19.0. The van der Waals surface area contributed by atoms with E-state index in [2.05, 4.69) is 25.5 Å². The predicted octanol–water partition coefficient (Wildman–Crippen LogP) is 2.32. The molecule has 0 spiro atoms. The number of aryl methyl sites for hydroxylation is 1. The van der Waals surface area contributed by atoms with Crippen molar-refractivity contribution in [2.45, 2.75) is 19.8 Å². The number of hydrogen-bond acceptors (Lipinski definition) is 6. The summed E-state index contributed by atoms with van der Waals surface area (Å²) < 4.78 is 5.77. The molecule has 2 aromatic heterocycles. The first-order valence-electron chi connectivity index (χ1n) is 8.52. The Bertz CT molecular complexity index is 1060. The Kier molecular flexibility index (Phi) is 4.15. The van der Waals surface area contributed by atoms with Gasteiger partial charge >= 0.3 is 6.01 Å². The number of carbonyl (C=O) groups excluding carboxylic acids is 2. The summed E-state index contributed by atoms with van der Waals surface area (Å²) in [7, 11) is 1.58. The van der Waals surface area contributed by atoms with Gasteiger partial charge in [-0.2, -0.15) is 10.1 Å². The Morgan fingerprint density at radius 1 is 1.19 bits per heavy atom. The van der Waals surface area contributed by atoms with E-state index in [0.717, 1.165) is 11.1 Å². The molecule has 0 saturated heterocycles. The van der Waals surface area contributed by atoms with Gasteiger partial charge in [0, 0.05) is 18.8 Å². The van der Waals surface area contributed by atoms with Crippen molar-refractivity contribution in [2.75, 3.05) is 7.05 Å². The van der Waals surface area contributed by atoms with Gasteiger partial charge in [-0.25, -0.2) is 4.98 Å². The Morgan fingerprint density at radius 2 is 2.00 bits per heavy atom. The van der Waals surface area contributed by atoms with E-state index >= 15 is 0 Å². The predicted molar refractivity (Wildman–Crippen MR) is 96.9 cm³/mol. The number of aromatic nitrogens is 4. The maximum Gasteiger partial charge on any atom is 0.322 e. The molecule has 3 aromatic rings. The van der Waals surface area contributed by atoms with Gasteiger partial charge in [-0.05, 0) is 37.5 Å². The maximum absolute atomic E-state index is 12.0. The first-order valence-corrected chi connectivity index (χ1v) is 8.52. The third-order valence-corrected chi connectivity index (χ3v) is 4.50. The maximum atomic E-state index is 12.0. The molecule has 27 heavy (non-hydrogen) atoms. The van der Waals surface area contributed by atoms with Gasteiger partial charge in [0.15, 0.2) is 5.78 Å². The molecule has 2 N–H and O–H groups in total. The van der Waals surface area contributed by atoms with Crippen molar-refractivity contribution < 1.29 is 14.3 Å². The van der Waals surface area contributed by atoms with Crippen molar-refractivity contribution in [3.05, 3.63) is 52.8 Å². The van der Waals surface area contributed by atoms with Crippen LogP contribution in [0.2, 0.25) is 0 Å². The molecule has 0 unspecified atom stereocenters. The molecule has 2 heterocycles. The van der Waals surface area contributed by atoms with Crippen LogP contribution in [0.1, 0.15) is 38.9 Å². The first kappa shape index (κ1) is 16.9. The van der Waals surface area contributed by atoms with Gasteiger partial charge in [0.05, 0.1) is 5.56 Å². The average Bonchev–Trinajstić information content (AvgIpc) is 3.12. The number of ketones is 1. The minimum Gasteiger partial charge on any atom is -0.424 e. The van der Waals surface area contributed by atoms with Gasteiger partial charge in [0.25, 0.3) is 5.91 Å². The van der Waals surface area contributed by atoms with Crippen molar-refractivity contribution in [1.82, 2.24) is 25.5 Å². The largest absolute Gasteiger partial charge is 0.424 e. The summed E-state index contributed by atoms with van der Waals surface area (Å²) in [5.41, 5.74) is 3.93. The second kappa shape index (κ2) is 6.64. The van der Waals surface area contributed by atoms with E-state index in [9.17, 15) is 9.59 Å². The van der Waals surface area contributed by atoms with Crippen molar-refractivity contribution in [2.24, 2.45) is 0 Å². The highest BCUT2D eigenvalue weighted by molar-refractivity contribution is 5.97. The van der Waals surface area contributed by atoms with Gasteiger partial charge in [0.2, 0.25) is 0 Å². The zero-order valence-corrected chi connectivity index (χ0v) is 14.9. The fourth-order valence-corrected chi connectivity index (χ4v) is 3.15. The Labute approximate surface area is 155 Å². The highest BCUT2D eigenvalue weighted by atomic mass is 16.5. The molecule has 0 saturated carbocycles. The molecule has 1 aliphatic carbocycles. The van der Waals surface area contributed by atoms with Crippen LogP contribution >= 0.6 is 0 Å². The number of para-hydroxylation sites is 1. The fourth-order valence-electron chi connectivity index (χ4n) is 3.15. The molecule has 1 amide bonds. The standard InChI is InChI=1S/C19H17N5O3/c1-10(25)12-5-3-4-6-14(12)27-19-21-9-11-7-8-13-16(15(11)22-19)23-24-17(13)18(26)20-2/h3-6,9H,7-8H2,1-2H3,(H,20,26)(H,23,24). The number of aromatic amines is 1. The third kappa shape index (κ3) is 2.95. The van der Waals surface area contributed by atoms with Crippen molar-refractivity contribution >= 4 is 11.7 Å². The quantitative estimate of drug-likeness (QED) is 0.689. The van der Waals surface area contributed by atoms with Crippen LogP contribution in [-0.4, -0.2) is 38.9 Å². The number of rotatable bonds is 4. The lowest BCUT2D eigenvalue weighted by molar-refractivity contribution is 0.0956. The highest BCUT2D eigenvalue weighted by Crippen LogP contribution is 2.33. The van der Waals surface area contributed by atoms with Crippen LogP contribution in [0.3, 0.4) is 0 Å². The average molecular weight is 363 g/mol. The van der Waals surface area contributed by atoms with Gasteiger partial charge in [0.1, 0.15) is 22.8 Å². The molecule has 0 bridgehead atoms. The van der Waals surface area contributed by atoms with Crippen molar-refractivity contribution in [3.8, 4) is 23.1 Å². The van der Waals surface area contributed by atoms with Crippen LogP contribution in [-0.2, 0) is 12.8 Å². The summed E-state index contributed by atoms with van der Waals surface area (Å²) in [5, 5.41) is 9.67. The number of H-pyrrole nitrogens is 1. The molecule has 0 radical (unpaired) electrons. The number of nitrogens with one attached hydrogen (secondary N) is 2. The Balaban J connectivity index is 1.73. The van der Waals surface area contributed by atoms with E-state index in [1.54, 1.807) is 37.5 Å². The second-order valence-corrected chi connectivity index (χ2v) is 6.19. The molecule has 0 atom stereocenters. The lowest BCUT2D eigenvalue weighted by Crippen LogP contribution is -2.20. The number of nitrogens with zero attached hydrogens (tertiary/aromatic N) is 3. The van der Waals surface area contributed by atoms with E-state index in [1.165, 1.54) is 6.92 Å². The van der Waals surface area contributed by atoms with Crippen LogP contribution in [0.15, 0.2) is 30.5 Å². The van der Waals surface area contributed by atoms with Crippen LogP contribution in [0.4, 0.5) is 0 Å². The Morgan fingerprint density at radius 3 is 2.78 bits per heavy atom. The van der Waals surface area contributed by atoms with Crippen molar-refractivity contribution in [3.63, 3.8) is 0 Å². The normalized spacial score (nSPS) is 12.1. The number of ether oxygens (including phenoxy) is 1. The van der Waals surface area contributed by atoms with Gasteiger partial charge in [-0.15, -0.1) is 0 Å². The molecule has 1 aromatic carbocycles. The lowest BCUT2D eigenvalue weighted by atomic mass is 9.93. The molecular weight excluding hydrogens is 346 g/mol. The molecule has 1 aliphatic rings.